The average molecular weight is 369 g/mol. The van der Waals surface area contributed by atoms with Crippen molar-refractivity contribution in [2.75, 3.05) is 0 Å². The zero-order valence-electron chi connectivity index (χ0n) is 17.5. The molecule has 0 saturated heterocycles. The summed E-state index contributed by atoms with van der Waals surface area (Å²) in [6, 6.07) is 17.5. The van der Waals surface area contributed by atoms with Crippen LogP contribution in [0.3, 0.4) is 0 Å². The van der Waals surface area contributed by atoms with Crippen LogP contribution < -0.4 is 0 Å². The van der Waals surface area contributed by atoms with E-state index in [0.29, 0.717) is 0 Å². The zero-order chi connectivity index (χ0) is 19.9. The van der Waals surface area contributed by atoms with E-state index in [0.717, 1.165) is 6.42 Å². The minimum atomic E-state index is -0.0119. The highest BCUT2D eigenvalue weighted by molar-refractivity contribution is 5.89. The maximum atomic E-state index is 4.71. The fourth-order valence-electron chi connectivity index (χ4n) is 4.30. The van der Waals surface area contributed by atoms with Crippen LogP contribution in [-0.4, -0.2) is 9.97 Å². The minimum absolute atomic E-state index is 0.0119. The van der Waals surface area contributed by atoms with Crippen molar-refractivity contribution in [3.05, 3.63) is 83.9 Å². The van der Waals surface area contributed by atoms with Crippen LogP contribution in [0, 0.1) is 0 Å². The molecule has 0 aliphatic heterocycles. The fraction of sp³-hybridized carbons (Fsp3) is 0.308. The summed E-state index contributed by atoms with van der Waals surface area (Å²) in [6.07, 6.45) is 6.79. The Balaban J connectivity index is 1.83. The van der Waals surface area contributed by atoms with Crippen LogP contribution in [0.25, 0.3) is 21.5 Å². The molecule has 0 spiro atoms. The van der Waals surface area contributed by atoms with Crippen LogP contribution in [0.4, 0.5) is 0 Å². The summed E-state index contributed by atoms with van der Waals surface area (Å²) in [5.74, 6) is 0. The first-order chi connectivity index (χ1) is 13.3. The molecule has 0 aliphatic carbocycles. The Morgan fingerprint density at radius 1 is 0.750 bits per heavy atom. The van der Waals surface area contributed by atoms with Crippen molar-refractivity contribution in [2.24, 2.45) is 0 Å². The molecule has 0 atom stereocenters. The lowest BCUT2D eigenvalue weighted by molar-refractivity contribution is 0.528. The lowest BCUT2D eigenvalue weighted by atomic mass is 9.76. The molecule has 4 aromatic rings. The molecule has 4 rings (SSSR count). The van der Waals surface area contributed by atoms with Crippen LogP contribution in [0.15, 0.2) is 67.1 Å². The maximum Gasteiger partial charge on any atom is 0.0535 e. The quantitative estimate of drug-likeness (QED) is 0.407. The van der Waals surface area contributed by atoms with Gasteiger partial charge in [0, 0.05) is 34.8 Å². The third kappa shape index (κ3) is 3.28. The van der Waals surface area contributed by atoms with Gasteiger partial charge in [0.15, 0.2) is 0 Å². The Kier molecular flexibility index (Phi) is 4.45. The molecule has 28 heavy (non-hydrogen) atoms. The van der Waals surface area contributed by atoms with E-state index in [4.69, 9.17) is 4.98 Å². The largest absolute Gasteiger partial charge is 0.264 e. The van der Waals surface area contributed by atoms with E-state index in [1.165, 1.54) is 38.4 Å². The van der Waals surface area contributed by atoms with Crippen LogP contribution in [0.5, 0.6) is 0 Å². The molecule has 0 fully saturated rings. The Morgan fingerprint density at radius 2 is 1.54 bits per heavy atom. The van der Waals surface area contributed by atoms with Crippen molar-refractivity contribution in [2.45, 2.75) is 51.9 Å². The van der Waals surface area contributed by atoms with Gasteiger partial charge in [0.2, 0.25) is 0 Å². The minimum Gasteiger partial charge on any atom is -0.264 e. The standard InChI is InChI=1S/C26H28N2/c1-25(2,3)24-21-10-6-9-19(20(21)13-15-28-24)16-26(4,5)23-11-7-8-18-12-14-27-17-22(18)23/h6-15,17H,16H2,1-5H3. The summed E-state index contributed by atoms with van der Waals surface area (Å²) >= 11 is 0. The van der Waals surface area contributed by atoms with Gasteiger partial charge in [-0.1, -0.05) is 71.0 Å². The third-order valence-electron chi connectivity index (χ3n) is 5.65. The van der Waals surface area contributed by atoms with Crippen LogP contribution in [-0.2, 0) is 17.3 Å². The van der Waals surface area contributed by atoms with Gasteiger partial charge < -0.3 is 0 Å². The van der Waals surface area contributed by atoms with E-state index in [2.05, 4.69) is 88.1 Å². The molecular weight excluding hydrogens is 340 g/mol. The van der Waals surface area contributed by atoms with E-state index >= 15 is 0 Å². The molecule has 0 bridgehead atoms. The third-order valence-corrected chi connectivity index (χ3v) is 5.65. The van der Waals surface area contributed by atoms with Crippen molar-refractivity contribution in [1.29, 1.82) is 0 Å². The second-order valence-electron chi connectivity index (χ2n) is 9.38. The molecule has 2 heteroatoms. The molecule has 2 aromatic carbocycles. The average Bonchev–Trinajstić information content (AvgIpc) is 2.66. The smallest absolute Gasteiger partial charge is 0.0535 e. The fourth-order valence-corrected chi connectivity index (χ4v) is 4.30. The van der Waals surface area contributed by atoms with E-state index < -0.39 is 0 Å². The van der Waals surface area contributed by atoms with Gasteiger partial charge in [-0.2, -0.15) is 0 Å². The summed E-state index contributed by atoms with van der Waals surface area (Å²) in [5, 5.41) is 5.07. The predicted octanol–water partition coefficient (Wildman–Crippen LogP) is 6.60. The predicted molar refractivity (Wildman–Crippen MR) is 119 cm³/mol. The number of fused-ring (bicyclic) bond motifs is 2. The first kappa shape index (κ1) is 18.6. The first-order valence-corrected chi connectivity index (χ1v) is 9.98. The monoisotopic (exact) mass is 368 g/mol. The first-order valence-electron chi connectivity index (χ1n) is 9.98. The Hall–Kier alpha value is -2.74. The van der Waals surface area contributed by atoms with Gasteiger partial charge >= 0.3 is 0 Å². The second-order valence-corrected chi connectivity index (χ2v) is 9.38. The van der Waals surface area contributed by atoms with E-state index in [1.807, 2.05) is 18.6 Å². The molecule has 0 radical (unpaired) electrons. The molecule has 0 aliphatic rings. The number of hydrogen-bond acceptors (Lipinski definition) is 2. The highest BCUT2D eigenvalue weighted by Crippen LogP contribution is 2.36. The normalized spacial score (nSPS) is 12.6. The highest BCUT2D eigenvalue weighted by Gasteiger charge is 2.25. The van der Waals surface area contributed by atoms with Gasteiger partial charge in [-0.15, -0.1) is 0 Å². The van der Waals surface area contributed by atoms with Gasteiger partial charge in [-0.3, -0.25) is 9.97 Å². The van der Waals surface area contributed by atoms with Crippen molar-refractivity contribution < 1.29 is 0 Å². The Labute approximate surface area is 167 Å². The Bertz CT molecular complexity index is 1140. The van der Waals surface area contributed by atoms with Gasteiger partial charge in [-0.25, -0.2) is 0 Å². The van der Waals surface area contributed by atoms with Crippen molar-refractivity contribution in [3.8, 4) is 0 Å². The molecular formula is C26H28N2. The molecule has 2 aromatic heterocycles. The SMILES string of the molecule is CC(C)(C)c1nccc2c(CC(C)(C)c3cccc4ccncc34)cccc12. The number of hydrogen-bond donors (Lipinski definition) is 0. The number of aromatic nitrogens is 2. The number of benzene rings is 2. The summed E-state index contributed by atoms with van der Waals surface area (Å²) in [5.41, 5.74) is 3.90. The van der Waals surface area contributed by atoms with Crippen LogP contribution >= 0.6 is 0 Å². The van der Waals surface area contributed by atoms with Gasteiger partial charge in [0.1, 0.15) is 0 Å². The molecule has 0 saturated carbocycles. The van der Waals surface area contributed by atoms with Gasteiger partial charge in [0.05, 0.1) is 5.69 Å². The number of pyridine rings is 2. The summed E-state index contributed by atoms with van der Waals surface area (Å²) < 4.78 is 0. The molecule has 0 unspecified atom stereocenters. The van der Waals surface area contributed by atoms with E-state index in [9.17, 15) is 0 Å². The second kappa shape index (κ2) is 6.70. The summed E-state index contributed by atoms with van der Waals surface area (Å²) in [4.78, 5) is 9.08. The van der Waals surface area contributed by atoms with Gasteiger partial charge in [-0.05, 0) is 45.9 Å². The molecule has 0 amide bonds. The molecule has 2 nitrogen and oxygen atoms in total. The van der Waals surface area contributed by atoms with E-state index in [1.54, 1.807) is 0 Å². The summed E-state index contributed by atoms with van der Waals surface area (Å²) in [7, 11) is 0. The summed E-state index contributed by atoms with van der Waals surface area (Å²) in [6.45, 7) is 11.4. The lowest BCUT2D eigenvalue weighted by Gasteiger charge is -2.28. The van der Waals surface area contributed by atoms with E-state index in [-0.39, 0.29) is 10.8 Å². The topological polar surface area (TPSA) is 25.8 Å². The van der Waals surface area contributed by atoms with Crippen LogP contribution in [0.2, 0.25) is 0 Å². The number of rotatable bonds is 3. The van der Waals surface area contributed by atoms with Crippen molar-refractivity contribution >= 4 is 21.5 Å². The van der Waals surface area contributed by atoms with Crippen LogP contribution in [0.1, 0.15) is 51.4 Å². The number of nitrogens with zero attached hydrogens (tertiary/aromatic N) is 2. The Morgan fingerprint density at radius 3 is 2.32 bits per heavy atom. The maximum absolute atomic E-state index is 4.71. The molecule has 142 valence electrons. The van der Waals surface area contributed by atoms with Gasteiger partial charge in [0.25, 0.3) is 0 Å². The molecule has 0 N–H and O–H groups in total. The lowest BCUT2D eigenvalue weighted by Crippen LogP contribution is -2.21. The molecule has 2 heterocycles. The van der Waals surface area contributed by atoms with Crippen molar-refractivity contribution in [3.63, 3.8) is 0 Å². The highest BCUT2D eigenvalue weighted by atomic mass is 14.7. The zero-order valence-corrected chi connectivity index (χ0v) is 17.5. The van der Waals surface area contributed by atoms with Crippen molar-refractivity contribution in [1.82, 2.24) is 9.97 Å².